The minimum absolute atomic E-state index is 0.0611. The lowest BCUT2D eigenvalue weighted by atomic mass is 10.2. The third kappa shape index (κ3) is 6.33. The number of amides is 1. The van der Waals surface area contributed by atoms with E-state index in [0.29, 0.717) is 5.56 Å². The van der Waals surface area contributed by atoms with Crippen LogP contribution in [0.5, 0.6) is 0 Å². The second-order valence-electron chi connectivity index (χ2n) is 5.79. The van der Waals surface area contributed by atoms with Crippen LogP contribution in [0, 0.1) is 0 Å². The Hall–Kier alpha value is -3.88. The highest BCUT2D eigenvalue weighted by atomic mass is 16.5. The van der Waals surface area contributed by atoms with Crippen LogP contribution >= 0.6 is 0 Å². The van der Waals surface area contributed by atoms with Gasteiger partial charge in [-0.3, -0.25) is 9.59 Å². The molecule has 0 unspecified atom stereocenters. The number of anilines is 1. The van der Waals surface area contributed by atoms with Gasteiger partial charge < -0.3 is 24.5 Å². The van der Waals surface area contributed by atoms with Crippen molar-refractivity contribution in [3.63, 3.8) is 0 Å². The van der Waals surface area contributed by atoms with Gasteiger partial charge in [0, 0.05) is 11.8 Å². The van der Waals surface area contributed by atoms with Gasteiger partial charge in [0.15, 0.2) is 0 Å². The van der Waals surface area contributed by atoms with E-state index in [-0.39, 0.29) is 36.8 Å². The zero-order valence-corrected chi connectivity index (χ0v) is 16.6. The highest BCUT2D eigenvalue weighted by molar-refractivity contribution is 6.04. The second kappa shape index (κ2) is 11.2. The summed E-state index contributed by atoms with van der Waals surface area (Å²) in [5.41, 5.74) is -0.781. The third-order valence-corrected chi connectivity index (χ3v) is 3.66. The molecule has 30 heavy (non-hydrogen) atoms. The van der Waals surface area contributed by atoms with Crippen molar-refractivity contribution < 1.29 is 28.3 Å². The van der Waals surface area contributed by atoms with E-state index in [0.717, 1.165) is 0 Å². The van der Waals surface area contributed by atoms with Crippen molar-refractivity contribution in [2.24, 2.45) is 0 Å². The molecule has 2 rings (SSSR count). The summed E-state index contributed by atoms with van der Waals surface area (Å²) < 4.78 is 14.9. The van der Waals surface area contributed by atoms with E-state index in [1.807, 2.05) is 0 Å². The summed E-state index contributed by atoms with van der Waals surface area (Å²) in [6.45, 7) is 3.57. The molecule has 0 aliphatic rings. The van der Waals surface area contributed by atoms with Gasteiger partial charge in [0.2, 0.25) is 0 Å². The molecule has 1 aromatic heterocycles. The van der Waals surface area contributed by atoms with Crippen LogP contribution in [-0.4, -0.2) is 37.6 Å². The molecule has 1 amide bonds. The molecule has 158 valence electrons. The SMILES string of the molecule is CCOC(=O)CN/C=C/c1oc(=O)c(NC(=O)c2ccccc2)cc1C(=O)OCC. The van der Waals surface area contributed by atoms with Crippen LogP contribution in [0.15, 0.2) is 51.8 Å². The van der Waals surface area contributed by atoms with Gasteiger partial charge in [-0.15, -0.1) is 0 Å². The number of carbonyl (C=O) groups is 3. The fraction of sp³-hybridized carbons (Fsp3) is 0.238. The second-order valence-corrected chi connectivity index (χ2v) is 5.79. The Bertz CT molecular complexity index is 981. The highest BCUT2D eigenvalue weighted by Gasteiger charge is 2.19. The third-order valence-electron chi connectivity index (χ3n) is 3.66. The molecule has 0 saturated heterocycles. The van der Waals surface area contributed by atoms with E-state index < -0.39 is 23.5 Å². The Balaban J connectivity index is 2.26. The average Bonchev–Trinajstić information content (AvgIpc) is 2.73. The molecule has 0 fully saturated rings. The summed E-state index contributed by atoms with van der Waals surface area (Å²) in [4.78, 5) is 48.2. The Morgan fingerprint density at radius 3 is 2.43 bits per heavy atom. The van der Waals surface area contributed by atoms with Gasteiger partial charge in [-0.2, -0.15) is 0 Å². The predicted octanol–water partition coefficient (Wildman–Crippen LogP) is 2.19. The van der Waals surface area contributed by atoms with Crippen molar-refractivity contribution >= 4 is 29.6 Å². The summed E-state index contributed by atoms with van der Waals surface area (Å²) in [6, 6.07) is 9.46. The monoisotopic (exact) mass is 414 g/mol. The van der Waals surface area contributed by atoms with E-state index in [1.54, 1.807) is 44.2 Å². The van der Waals surface area contributed by atoms with Crippen LogP contribution in [0.2, 0.25) is 0 Å². The average molecular weight is 414 g/mol. The van der Waals surface area contributed by atoms with Crippen molar-refractivity contribution in [1.29, 1.82) is 0 Å². The molecule has 0 radical (unpaired) electrons. The van der Waals surface area contributed by atoms with Crippen LogP contribution in [0.1, 0.15) is 40.3 Å². The molecule has 1 aromatic carbocycles. The largest absolute Gasteiger partial charge is 0.465 e. The van der Waals surface area contributed by atoms with Gasteiger partial charge in [-0.1, -0.05) is 18.2 Å². The first kappa shape index (κ1) is 22.4. The fourth-order valence-corrected chi connectivity index (χ4v) is 2.34. The highest BCUT2D eigenvalue weighted by Crippen LogP contribution is 2.16. The predicted molar refractivity (Wildman–Crippen MR) is 109 cm³/mol. The van der Waals surface area contributed by atoms with Gasteiger partial charge >= 0.3 is 17.6 Å². The molecule has 2 aromatic rings. The Morgan fingerprint density at radius 1 is 1.07 bits per heavy atom. The Labute approximate surface area is 172 Å². The Kier molecular flexibility index (Phi) is 8.37. The maximum atomic E-state index is 12.3. The molecule has 0 aliphatic heterocycles. The quantitative estimate of drug-likeness (QED) is 0.599. The topological polar surface area (TPSA) is 124 Å². The van der Waals surface area contributed by atoms with Crippen molar-refractivity contribution in [3.8, 4) is 0 Å². The summed E-state index contributed by atoms with van der Waals surface area (Å²) in [7, 11) is 0. The molecule has 1 heterocycles. The molecule has 0 spiro atoms. The first-order chi connectivity index (χ1) is 14.5. The summed E-state index contributed by atoms with van der Waals surface area (Å²) >= 11 is 0. The summed E-state index contributed by atoms with van der Waals surface area (Å²) in [6.07, 6.45) is 2.63. The number of esters is 2. The minimum atomic E-state index is -0.850. The number of hydrogen-bond acceptors (Lipinski definition) is 8. The first-order valence-corrected chi connectivity index (χ1v) is 9.23. The summed E-state index contributed by atoms with van der Waals surface area (Å²) in [5, 5.41) is 5.10. The lowest BCUT2D eigenvalue weighted by molar-refractivity contribution is -0.141. The molecule has 0 saturated carbocycles. The zero-order valence-electron chi connectivity index (χ0n) is 16.6. The lowest BCUT2D eigenvalue weighted by Crippen LogP contribution is -2.21. The molecule has 9 nitrogen and oxygen atoms in total. The van der Waals surface area contributed by atoms with Crippen molar-refractivity contribution in [2.45, 2.75) is 13.8 Å². The minimum Gasteiger partial charge on any atom is -0.465 e. The number of benzene rings is 1. The van der Waals surface area contributed by atoms with Gasteiger partial charge in [-0.05, 0) is 38.1 Å². The Morgan fingerprint density at radius 2 is 1.77 bits per heavy atom. The smallest absolute Gasteiger partial charge is 0.360 e. The lowest BCUT2D eigenvalue weighted by Gasteiger charge is -2.09. The standard InChI is InChI=1S/C21H22N2O7/c1-3-28-18(24)13-22-11-10-17-15(20(26)29-4-2)12-16(21(27)30-17)23-19(25)14-8-6-5-7-9-14/h5-12,22H,3-4,13H2,1-2H3,(H,23,25)/b11-10+. The number of carbonyl (C=O) groups excluding carboxylic acids is 3. The maximum absolute atomic E-state index is 12.3. The van der Waals surface area contributed by atoms with Crippen molar-refractivity contribution in [2.75, 3.05) is 25.1 Å². The maximum Gasteiger partial charge on any atom is 0.360 e. The van der Waals surface area contributed by atoms with Crippen molar-refractivity contribution in [1.82, 2.24) is 5.32 Å². The molecule has 0 aliphatic carbocycles. The molecule has 0 atom stereocenters. The normalized spacial score (nSPS) is 10.5. The number of ether oxygens (including phenoxy) is 2. The van der Waals surface area contributed by atoms with Crippen LogP contribution in [0.3, 0.4) is 0 Å². The van der Waals surface area contributed by atoms with Crippen LogP contribution in [-0.2, 0) is 14.3 Å². The number of nitrogens with one attached hydrogen (secondary N) is 2. The van der Waals surface area contributed by atoms with Crippen LogP contribution < -0.4 is 16.3 Å². The number of hydrogen-bond donors (Lipinski definition) is 2. The molecular weight excluding hydrogens is 392 g/mol. The zero-order chi connectivity index (χ0) is 21.9. The molecule has 0 bridgehead atoms. The van der Waals surface area contributed by atoms with Gasteiger partial charge in [0.1, 0.15) is 23.6 Å². The molecule has 2 N–H and O–H groups in total. The van der Waals surface area contributed by atoms with Gasteiger partial charge in [0.05, 0.1) is 13.2 Å². The summed E-state index contributed by atoms with van der Waals surface area (Å²) in [5.74, 6) is -1.82. The van der Waals surface area contributed by atoms with Crippen molar-refractivity contribution in [3.05, 3.63) is 69.9 Å². The van der Waals surface area contributed by atoms with E-state index in [1.165, 1.54) is 18.3 Å². The van der Waals surface area contributed by atoms with E-state index >= 15 is 0 Å². The van der Waals surface area contributed by atoms with E-state index in [4.69, 9.17) is 13.9 Å². The van der Waals surface area contributed by atoms with E-state index in [2.05, 4.69) is 10.6 Å². The van der Waals surface area contributed by atoms with Gasteiger partial charge in [-0.25, -0.2) is 9.59 Å². The van der Waals surface area contributed by atoms with Crippen LogP contribution in [0.4, 0.5) is 5.69 Å². The number of rotatable bonds is 9. The first-order valence-electron chi connectivity index (χ1n) is 9.23. The van der Waals surface area contributed by atoms with Crippen LogP contribution in [0.25, 0.3) is 6.08 Å². The van der Waals surface area contributed by atoms with Gasteiger partial charge in [0.25, 0.3) is 5.91 Å². The fourth-order valence-electron chi connectivity index (χ4n) is 2.34. The molecular formula is C21H22N2O7. The van der Waals surface area contributed by atoms with E-state index in [9.17, 15) is 19.2 Å². The molecule has 9 heteroatoms.